The van der Waals surface area contributed by atoms with Crippen LogP contribution < -0.4 is 10.1 Å². The largest absolute Gasteiger partial charge is 0.444 e. The summed E-state index contributed by atoms with van der Waals surface area (Å²) in [5.41, 5.74) is -0.141. The van der Waals surface area contributed by atoms with Crippen LogP contribution in [0, 0.1) is 0 Å². The average Bonchev–Trinajstić information content (AvgIpc) is 2.50. The fourth-order valence-electron chi connectivity index (χ4n) is 0.933. The van der Waals surface area contributed by atoms with Crippen molar-refractivity contribution >= 4 is 29.6 Å². The second-order valence-corrected chi connectivity index (χ2v) is 4.73. The van der Waals surface area contributed by atoms with Gasteiger partial charge in [0.05, 0.1) is 5.69 Å². The van der Waals surface area contributed by atoms with Crippen LogP contribution in [0.4, 0.5) is 10.5 Å². The Morgan fingerprint density at radius 1 is 1.44 bits per heavy atom. The Labute approximate surface area is 97.4 Å². The molecule has 0 aliphatic rings. The minimum absolute atomic E-state index is 0.308. The van der Waals surface area contributed by atoms with E-state index in [0.29, 0.717) is 17.9 Å². The van der Waals surface area contributed by atoms with Crippen LogP contribution >= 0.6 is 11.3 Å². The van der Waals surface area contributed by atoms with E-state index in [-0.39, 0.29) is 0 Å². The zero-order valence-corrected chi connectivity index (χ0v) is 10.1. The summed E-state index contributed by atoms with van der Waals surface area (Å²) in [5, 5.41) is 5.76. The molecule has 0 atom stereocenters. The van der Waals surface area contributed by atoms with E-state index in [1.165, 1.54) is 11.3 Å². The SMILES string of the molecule is CC(C)(C)OC(=O)Nc1cscc1OC=O. The Bertz CT molecular complexity index is 380. The van der Waals surface area contributed by atoms with Crippen molar-refractivity contribution in [1.82, 2.24) is 0 Å². The lowest BCUT2D eigenvalue weighted by Gasteiger charge is -2.19. The second-order valence-electron chi connectivity index (χ2n) is 3.99. The molecule has 16 heavy (non-hydrogen) atoms. The fraction of sp³-hybridized carbons (Fsp3) is 0.400. The van der Waals surface area contributed by atoms with Gasteiger partial charge in [0.2, 0.25) is 0 Å². The molecule has 1 aromatic rings. The summed E-state index contributed by atoms with van der Waals surface area (Å²) < 4.78 is 9.72. The zero-order valence-electron chi connectivity index (χ0n) is 9.27. The quantitative estimate of drug-likeness (QED) is 0.829. The van der Waals surface area contributed by atoms with E-state index in [1.54, 1.807) is 31.5 Å². The number of nitrogens with one attached hydrogen (secondary N) is 1. The average molecular weight is 243 g/mol. The smallest absolute Gasteiger partial charge is 0.412 e. The highest BCUT2D eigenvalue weighted by Crippen LogP contribution is 2.28. The Morgan fingerprint density at radius 2 is 2.12 bits per heavy atom. The van der Waals surface area contributed by atoms with Crippen molar-refractivity contribution in [2.45, 2.75) is 26.4 Å². The summed E-state index contributed by atoms with van der Waals surface area (Å²) >= 11 is 1.31. The molecule has 0 fully saturated rings. The number of carbonyl (C=O) groups is 2. The van der Waals surface area contributed by atoms with Gasteiger partial charge in [0.15, 0.2) is 5.75 Å². The number of ether oxygens (including phenoxy) is 2. The van der Waals surface area contributed by atoms with Crippen LogP contribution in [-0.2, 0) is 9.53 Å². The lowest BCUT2D eigenvalue weighted by molar-refractivity contribution is -0.120. The number of hydrogen-bond acceptors (Lipinski definition) is 5. The molecule has 0 unspecified atom stereocenters. The summed E-state index contributed by atoms with van der Waals surface area (Å²) in [6.07, 6.45) is -0.582. The highest BCUT2D eigenvalue weighted by atomic mass is 32.1. The summed E-state index contributed by atoms with van der Waals surface area (Å²) in [4.78, 5) is 21.6. The van der Waals surface area contributed by atoms with Crippen molar-refractivity contribution in [3.05, 3.63) is 10.8 Å². The van der Waals surface area contributed by atoms with Crippen molar-refractivity contribution < 1.29 is 19.1 Å². The second kappa shape index (κ2) is 4.98. The molecular weight excluding hydrogens is 230 g/mol. The van der Waals surface area contributed by atoms with Crippen molar-refractivity contribution in [2.24, 2.45) is 0 Å². The van der Waals surface area contributed by atoms with Crippen LogP contribution in [0.2, 0.25) is 0 Å². The van der Waals surface area contributed by atoms with E-state index >= 15 is 0 Å². The highest BCUT2D eigenvalue weighted by molar-refractivity contribution is 7.08. The molecular formula is C10H13NO4S. The number of amides is 1. The molecule has 0 aliphatic carbocycles. The normalized spacial score (nSPS) is 10.7. The zero-order chi connectivity index (χ0) is 12.2. The van der Waals surface area contributed by atoms with Gasteiger partial charge in [0, 0.05) is 10.8 Å². The molecule has 0 radical (unpaired) electrons. The van der Waals surface area contributed by atoms with E-state index in [0.717, 1.165) is 0 Å². The first-order valence-corrected chi connectivity index (χ1v) is 5.53. The lowest BCUT2D eigenvalue weighted by atomic mass is 10.2. The molecule has 0 bridgehead atoms. The maximum atomic E-state index is 11.4. The van der Waals surface area contributed by atoms with Crippen LogP contribution in [0.1, 0.15) is 20.8 Å². The number of hydrogen-bond donors (Lipinski definition) is 1. The predicted molar refractivity (Wildman–Crippen MR) is 60.9 cm³/mol. The number of thiophene rings is 1. The third-order valence-electron chi connectivity index (χ3n) is 1.44. The van der Waals surface area contributed by atoms with Gasteiger partial charge in [-0.3, -0.25) is 10.1 Å². The van der Waals surface area contributed by atoms with Gasteiger partial charge < -0.3 is 9.47 Å². The monoisotopic (exact) mass is 243 g/mol. The van der Waals surface area contributed by atoms with Gasteiger partial charge in [-0.25, -0.2) is 4.79 Å². The standard InChI is InChI=1S/C10H13NO4S/c1-10(2,3)15-9(13)11-7-4-16-5-8(7)14-6-12/h4-6H,1-3H3,(H,11,13). The van der Waals surface area contributed by atoms with Crippen molar-refractivity contribution in [2.75, 3.05) is 5.32 Å². The molecule has 88 valence electrons. The molecule has 0 spiro atoms. The van der Waals surface area contributed by atoms with Gasteiger partial charge in [-0.15, -0.1) is 11.3 Å². The molecule has 0 saturated carbocycles. The van der Waals surface area contributed by atoms with E-state index in [4.69, 9.17) is 4.74 Å². The molecule has 1 aromatic heterocycles. The Hall–Kier alpha value is -1.56. The Morgan fingerprint density at radius 3 is 2.69 bits per heavy atom. The van der Waals surface area contributed by atoms with Crippen molar-refractivity contribution in [1.29, 1.82) is 0 Å². The molecule has 1 N–H and O–H groups in total. The summed E-state index contributed by atoms with van der Waals surface area (Å²) in [6.45, 7) is 5.61. The molecule has 1 rings (SSSR count). The topological polar surface area (TPSA) is 64.6 Å². The summed E-state index contributed by atoms with van der Waals surface area (Å²) in [7, 11) is 0. The van der Waals surface area contributed by atoms with Gasteiger partial charge in [-0.2, -0.15) is 0 Å². The van der Waals surface area contributed by atoms with Crippen LogP contribution in [0.5, 0.6) is 5.75 Å². The Balaban J connectivity index is 2.62. The maximum absolute atomic E-state index is 11.4. The van der Waals surface area contributed by atoms with Gasteiger partial charge in [-0.1, -0.05) is 0 Å². The van der Waals surface area contributed by atoms with E-state index < -0.39 is 11.7 Å². The minimum Gasteiger partial charge on any atom is -0.444 e. The summed E-state index contributed by atoms with van der Waals surface area (Å²) in [6, 6.07) is 0. The van der Waals surface area contributed by atoms with E-state index in [2.05, 4.69) is 10.1 Å². The minimum atomic E-state index is -0.582. The molecule has 1 amide bonds. The van der Waals surface area contributed by atoms with Gasteiger partial charge in [0.25, 0.3) is 6.47 Å². The third kappa shape index (κ3) is 3.90. The van der Waals surface area contributed by atoms with E-state index in [1.807, 2.05) is 0 Å². The number of rotatable bonds is 3. The number of carbonyl (C=O) groups excluding carboxylic acids is 2. The Kier molecular flexibility index (Phi) is 3.89. The first kappa shape index (κ1) is 12.5. The van der Waals surface area contributed by atoms with Gasteiger partial charge in [0.1, 0.15) is 5.60 Å². The molecule has 5 nitrogen and oxygen atoms in total. The molecule has 0 aromatic carbocycles. The summed E-state index contributed by atoms with van der Waals surface area (Å²) in [5.74, 6) is 0.311. The van der Waals surface area contributed by atoms with Gasteiger partial charge >= 0.3 is 6.09 Å². The van der Waals surface area contributed by atoms with Gasteiger partial charge in [-0.05, 0) is 20.8 Å². The number of anilines is 1. The fourth-order valence-corrected chi connectivity index (χ4v) is 1.62. The van der Waals surface area contributed by atoms with E-state index in [9.17, 15) is 9.59 Å². The molecule has 1 heterocycles. The van der Waals surface area contributed by atoms with Crippen LogP contribution in [0.15, 0.2) is 10.8 Å². The highest BCUT2D eigenvalue weighted by Gasteiger charge is 2.17. The molecule has 0 aliphatic heterocycles. The van der Waals surface area contributed by atoms with Crippen LogP contribution in [0.3, 0.4) is 0 Å². The third-order valence-corrected chi connectivity index (χ3v) is 2.16. The predicted octanol–water partition coefficient (Wildman–Crippen LogP) is 2.63. The van der Waals surface area contributed by atoms with Crippen LogP contribution in [0.25, 0.3) is 0 Å². The molecule has 6 heteroatoms. The van der Waals surface area contributed by atoms with Crippen molar-refractivity contribution in [3.63, 3.8) is 0 Å². The molecule has 0 saturated heterocycles. The maximum Gasteiger partial charge on any atom is 0.412 e. The first-order chi connectivity index (χ1) is 7.42. The first-order valence-electron chi connectivity index (χ1n) is 4.59. The lowest BCUT2D eigenvalue weighted by Crippen LogP contribution is -2.27. The van der Waals surface area contributed by atoms with Crippen molar-refractivity contribution in [3.8, 4) is 5.75 Å². The van der Waals surface area contributed by atoms with Crippen LogP contribution in [-0.4, -0.2) is 18.2 Å².